The van der Waals surface area contributed by atoms with Crippen LogP contribution in [0.2, 0.25) is 0 Å². The van der Waals surface area contributed by atoms with E-state index in [4.69, 9.17) is 9.72 Å². The third kappa shape index (κ3) is 4.37. The highest BCUT2D eigenvalue weighted by Gasteiger charge is 2.15. The summed E-state index contributed by atoms with van der Waals surface area (Å²) in [5.41, 5.74) is 1.24. The molecule has 0 aliphatic heterocycles. The molecule has 1 rings (SSSR count). The zero-order valence-electron chi connectivity index (χ0n) is 11.5. The molecule has 1 unspecified atom stereocenters. The van der Waals surface area contributed by atoms with Crippen LogP contribution in [-0.2, 0) is 17.7 Å². The summed E-state index contributed by atoms with van der Waals surface area (Å²) in [5, 5.41) is 4.57. The summed E-state index contributed by atoms with van der Waals surface area (Å²) >= 11 is 1.82. The molecule has 98 valence electrons. The molecule has 4 heteroatoms. The highest BCUT2D eigenvalue weighted by atomic mass is 32.1. The summed E-state index contributed by atoms with van der Waals surface area (Å²) < 4.78 is 5.30. The summed E-state index contributed by atoms with van der Waals surface area (Å²) in [5.74, 6) is 0.492. The van der Waals surface area contributed by atoms with E-state index in [1.54, 1.807) is 7.11 Å². The maximum Gasteiger partial charge on any atom is 0.0957 e. The zero-order chi connectivity index (χ0) is 12.8. The molecule has 0 saturated carbocycles. The van der Waals surface area contributed by atoms with E-state index < -0.39 is 0 Å². The van der Waals surface area contributed by atoms with Gasteiger partial charge in [-0.1, -0.05) is 20.8 Å². The van der Waals surface area contributed by atoms with Crippen LogP contribution in [-0.4, -0.2) is 24.7 Å². The van der Waals surface area contributed by atoms with E-state index in [9.17, 15) is 0 Å². The number of nitrogens with zero attached hydrogens (tertiary/aromatic N) is 1. The van der Waals surface area contributed by atoms with E-state index in [0.717, 1.165) is 19.5 Å². The van der Waals surface area contributed by atoms with Gasteiger partial charge in [0, 0.05) is 25.0 Å². The lowest BCUT2D eigenvalue weighted by Gasteiger charge is -2.05. The van der Waals surface area contributed by atoms with Crippen molar-refractivity contribution < 1.29 is 4.74 Å². The third-order valence-corrected chi connectivity index (χ3v) is 3.81. The van der Waals surface area contributed by atoms with Gasteiger partial charge in [-0.3, -0.25) is 0 Å². The molecule has 1 aromatic heterocycles. The SMILES string of the molecule is CCNCc1sc(CC(C)OC)nc1C(C)C. The van der Waals surface area contributed by atoms with Crippen molar-refractivity contribution in [2.75, 3.05) is 13.7 Å². The lowest BCUT2D eigenvalue weighted by molar-refractivity contribution is 0.118. The lowest BCUT2D eigenvalue weighted by Crippen LogP contribution is -2.12. The smallest absolute Gasteiger partial charge is 0.0957 e. The Bertz CT molecular complexity index is 336. The van der Waals surface area contributed by atoms with E-state index in [0.29, 0.717) is 5.92 Å². The first-order valence-corrected chi connectivity index (χ1v) is 7.12. The van der Waals surface area contributed by atoms with Crippen molar-refractivity contribution >= 4 is 11.3 Å². The van der Waals surface area contributed by atoms with E-state index in [1.807, 2.05) is 11.3 Å². The number of rotatable bonds is 7. The molecular weight excluding hydrogens is 232 g/mol. The molecule has 0 aromatic carbocycles. The molecule has 0 aliphatic rings. The number of ether oxygens (including phenoxy) is 1. The molecule has 0 bridgehead atoms. The summed E-state index contributed by atoms with van der Waals surface area (Å²) in [4.78, 5) is 6.12. The molecular formula is C13H24N2OS. The van der Waals surface area contributed by atoms with Gasteiger partial charge in [0.25, 0.3) is 0 Å². The minimum absolute atomic E-state index is 0.244. The molecule has 17 heavy (non-hydrogen) atoms. The van der Waals surface area contributed by atoms with E-state index in [2.05, 4.69) is 33.0 Å². The summed E-state index contributed by atoms with van der Waals surface area (Å²) in [6, 6.07) is 0. The lowest BCUT2D eigenvalue weighted by atomic mass is 10.1. The Kier molecular flexibility index (Phi) is 6.09. The third-order valence-electron chi connectivity index (χ3n) is 2.72. The molecule has 0 aliphatic carbocycles. The first-order chi connectivity index (χ1) is 8.08. The average molecular weight is 256 g/mol. The van der Waals surface area contributed by atoms with Crippen molar-refractivity contribution in [3.8, 4) is 0 Å². The summed E-state index contributed by atoms with van der Waals surface area (Å²) in [6.07, 6.45) is 1.15. The van der Waals surface area contributed by atoms with E-state index >= 15 is 0 Å². The van der Waals surface area contributed by atoms with Crippen LogP contribution < -0.4 is 5.32 Å². The number of aromatic nitrogens is 1. The first-order valence-electron chi connectivity index (χ1n) is 6.30. The molecule has 1 heterocycles. The van der Waals surface area contributed by atoms with Crippen LogP contribution in [0.5, 0.6) is 0 Å². The van der Waals surface area contributed by atoms with Crippen LogP contribution in [0.1, 0.15) is 49.2 Å². The fourth-order valence-corrected chi connectivity index (χ4v) is 2.95. The second-order valence-electron chi connectivity index (χ2n) is 4.60. The van der Waals surface area contributed by atoms with Gasteiger partial charge < -0.3 is 10.1 Å². The van der Waals surface area contributed by atoms with Gasteiger partial charge >= 0.3 is 0 Å². The second-order valence-corrected chi connectivity index (χ2v) is 5.77. The van der Waals surface area contributed by atoms with Crippen molar-refractivity contribution in [1.82, 2.24) is 10.3 Å². The van der Waals surface area contributed by atoms with Gasteiger partial charge in [0.05, 0.1) is 16.8 Å². The van der Waals surface area contributed by atoms with Gasteiger partial charge in [0.2, 0.25) is 0 Å². The Morgan fingerprint density at radius 3 is 2.59 bits per heavy atom. The van der Waals surface area contributed by atoms with Crippen molar-refractivity contribution in [2.24, 2.45) is 0 Å². The van der Waals surface area contributed by atoms with Gasteiger partial charge in [-0.2, -0.15) is 0 Å². The van der Waals surface area contributed by atoms with Crippen LogP contribution in [0.25, 0.3) is 0 Å². The van der Waals surface area contributed by atoms with Crippen molar-refractivity contribution in [3.63, 3.8) is 0 Å². The maximum atomic E-state index is 5.30. The minimum atomic E-state index is 0.244. The first kappa shape index (κ1) is 14.6. The number of methoxy groups -OCH3 is 1. The fraction of sp³-hybridized carbons (Fsp3) is 0.769. The molecule has 1 atom stereocenters. The molecule has 0 radical (unpaired) electrons. The van der Waals surface area contributed by atoms with Gasteiger partial charge in [0.15, 0.2) is 0 Å². The molecule has 1 aromatic rings. The Balaban J connectivity index is 2.79. The minimum Gasteiger partial charge on any atom is -0.381 e. The summed E-state index contributed by atoms with van der Waals surface area (Å²) in [6.45, 7) is 10.6. The quantitative estimate of drug-likeness (QED) is 0.814. The largest absolute Gasteiger partial charge is 0.381 e. The molecule has 0 saturated heterocycles. The van der Waals surface area contributed by atoms with Crippen molar-refractivity contribution in [1.29, 1.82) is 0 Å². The normalized spacial score (nSPS) is 13.3. The van der Waals surface area contributed by atoms with Crippen LogP contribution in [0.15, 0.2) is 0 Å². The standard InChI is InChI=1S/C13H24N2OS/c1-6-14-8-11-13(9(2)3)15-12(17-11)7-10(4)16-5/h9-10,14H,6-8H2,1-5H3. The van der Waals surface area contributed by atoms with E-state index in [1.165, 1.54) is 15.6 Å². The zero-order valence-corrected chi connectivity index (χ0v) is 12.4. The molecule has 0 amide bonds. The Morgan fingerprint density at radius 1 is 1.35 bits per heavy atom. The summed E-state index contributed by atoms with van der Waals surface area (Å²) in [7, 11) is 1.75. The maximum absolute atomic E-state index is 5.30. The Morgan fingerprint density at radius 2 is 2.06 bits per heavy atom. The number of hydrogen-bond acceptors (Lipinski definition) is 4. The van der Waals surface area contributed by atoms with E-state index in [-0.39, 0.29) is 6.10 Å². The number of nitrogens with one attached hydrogen (secondary N) is 1. The van der Waals surface area contributed by atoms with Crippen LogP contribution >= 0.6 is 11.3 Å². The monoisotopic (exact) mass is 256 g/mol. The van der Waals surface area contributed by atoms with Crippen LogP contribution in [0, 0.1) is 0 Å². The fourth-order valence-electron chi connectivity index (χ4n) is 1.65. The number of thiazole rings is 1. The van der Waals surface area contributed by atoms with Crippen molar-refractivity contribution in [2.45, 2.75) is 52.7 Å². The van der Waals surface area contributed by atoms with Crippen LogP contribution in [0.3, 0.4) is 0 Å². The highest BCUT2D eigenvalue weighted by Crippen LogP contribution is 2.26. The van der Waals surface area contributed by atoms with Gasteiger partial charge in [-0.25, -0.2) is 4.98 Å². The van der Waals surface area contributed by atoms with Crippen LogP contribution in [0.4, 0.5) is 0 Å². The second kappa shape index (κ2) is 7.09. The molecule has 1 N–H and O–H groups in total. The Labute approximate surface area is 109 Å². The van der Waals surface area contributed by atoms with Crippen molar-refractivity contribution in [3.05, 3.63) is 15.6 Å². The molecule has 0 spiro atoms. The molecule has 0 fully saturated rings. The predicted molar refractivity (Wildman–Crippen MR) is 73.8 cm³/mol. The van der Waals surface area contributed by atoms with Gasteiger partial charge in [-0.15, -0.1) is 11.3 Å². The highest BCUT2D eigenvalue weighted by molar-refractivity contribution is 7.11. The predicted octanol–water partition coefficient (Wildman–Crippen LogP) is 2.95. The number of hydrogen-bond donors (Lipinski definition) is 1. The Hall–Kier alpha value is -0.450. The van der Waals surface area contributed by atoms with Gasteiger partial charge in [0.1, 0.15) is 0 Å². The topological polar surface area (TPSA) is 34.1 Å². The average Bonchev–Trinajstić information content (AvgIpc) is 2.69. The van der Waals surface area contributed by atoms with Gasteiger partial charge in [-0.05, 0) is 19.4 Å². The molecule has 3 nitrogen and oxygen atoms in total.